The zero-order chi connectivity index (χ0) is 15.1. The maximum Gasteiger partial charge on any atom is 0.254 e. The van der Waals surface area contributed by atoms with E-state index in [9.17, 15) is 4.79 Å². The summed E-state index contributed by atoms with van der Waals surface area (Å²) in [5.74, 6) is 0.122. The van der Waals surface area contributed by atoms with Crippen LogP contribution in [0.5, 0.6) is 0 Å². The second kappa shape index (κ2) is 6.25. The number of hydrogen-bond donors (Lipinski definition) is 1. The minimum atomic E-state index is 0. The first kappa shape index (κ1) is 15.9. The van der Waals surface area contributed by atoms with E-state index < -0.39 is 0 Å². The average molecular weight is 329 g/mol. The average Bonchev–Trinajstić information content (AvgIpc) is 3.19. The normalized spacial score (nSPS) is 17.7. The summed E-state index contributed by atoms with van der Waals surface area (Å²) in [6, 6.07) is 14.7. The molecule has 0 aromatic heterocycles. The molecule has 0 saturated heterocycles. The number of nitrogens with zero attached hydrogens (tertiary/aromatic N) is 1. The molecule has 0 bridgehead atoms. The summed E-state index contributed by atoms with van der Waals surface area (Å²) < 4.78 is 0. The second-order valence-corrected chi connectivity index (χ2v) is 6.22. The van der Waals surface area contributed by atoms with Gasteiger partial charge < -0.3 is 10.2 Å². The topological polar surface area (TPSA) is 32.3 Å². The summed E-state index contributed by atoms with van der Waals surface area (Å²) in [5, 5.41) is 3.34. The van der Waals surface area contributed by atoms with Gasteiger partial charge >= 0.3 is 0 Å². The van der Waals surface area contributed by atoms with Crippen molar-refractivity contribution in [3.05, 3.63) is 64.7 Å². The molecule has 4 rings (SSSR count). The molecule has 0 saturated carbocycles. The van der Waals surface area contributed by atoms with E-state index in [0.29, 0.717) is 0 Å². The van der Waals surface area contributed by atoms with Crippen molar-refractivity contribution in [3.8, 4) is 0 Å². The van der Waals surface area contributed by atoms with Crippen molar-refractivity contribution in [2.75, 3.05) is 18.9 Å². The predicted molar refractivity (Wildman–Crippen MR) is 95.5 cm³/mol. The van der Waals surface area contributed by atoms with Crippen molar-refractivity contribution in [2.24, 2.45) is 0 Å². The lowest BCUT2D eigenvalue weighted by atomic mass is 10.0. The Kier molecular flexibility index (Phi) is 4.31. The van der Waals surface area contributed by atoms with E-state index in [2.05, 4.69) is 35.6 Å². The third-order valence-electron chi connectivity index (χ3n) is 4.95. The molecule has 1 aliphatic heterocycles. The zero-order valence-electron chi connectivity index (χ0n) is 13.2. The van der Waals surface area contributed by atoms with Crippen LogP contribution in [0, 0.1) is 0 Å². The van der Waals surface area contributed by atoms with Gasteiger partial charge in [0.2, 0.25) is 0 Å². The number of anilines is 1. The summed E-state index contributed by atoms with van der Waals surface area (Å²) in [5.41, 5.74) is 5.91. The number of fused-ring (bicyclic) bond motifs is 2. The number of rotatable bonds is 2. The molecule has 1 amide bonds. The van der Waals surface area contributed by atoms with Crippen LogP contribution in [0.15, 0.2) is 42.5 Å². The van der Waals surface area contributed by atoms with E-state index in [1.807, 2.05) is 24.1 Å². The molecule has 1 atom stereocenters. The first-order valence-corrected chi connectivity index (χ1v) is 7.96. The summed E-state index contributed by atoms with van der Waals surface area (Å²) >= 11 is 0. The van der Waals surface area contributed by atoms with Gasteiger partial charge in [-0.1, -0.05) is 24.3 Å². The lowest BCUT2D eigenvalue weighted by Crippen LogP contribution is -2.30. The van der Waals surface area contributed by atoms with Crippen LogP contribution in [-0.4, -0.2) is 24.4 Å². The third-order valence-corrected chi connectivity index (χ3v) is 4.95. The van der Waals surface area contributed by atoms with Crippen molar-refractivity contribution in [2.45, 2.75) is 25.3 Å². The van der Waals surface area contributed by atoms with Gasteiger partial charge in [-0.15, -0.1) is 12.4 Å². The van der Waals surface area contributed by atoms with E-state index in [1.165, 1.54) is 22.4 Å². The molecule has 23 heavy (non-hydrogen) atoms. The second-order valence-electron chi connectivity index (χ2n) is 6.22. The van der Waals surface area contributed by atoms with Crippen LogP contribution >= 0.6 is 12.4 Å². The fourth-order valence-electron chi connectivity index (χ4n) is 3.72. The highest BCUT2D eigenvalue weighted by atomic mass is 35.5. The number of carbonyl (C=O) groups excluding carboxylic acids is 1. The number of hydrogen-bond acceptors (Lipinski definition) is 2. The fourth-order valence-corrected chi connectivity index (χ4v) is 3.72. The predicted octanol–water partition coefficient (Wildman–Crippen LogP) is 3.84. The van der Waals surface area contributed by atoms with Gasteiger partial charge in [0.05, 0.1) is 6.04 Å². The molecular formula is C19H21ClN2O. The van der Waals surface area contributed by atoms with E-state index in [4.69, 9.17) is 0 Å². The molecule has 1 unspecified atom stereocenters. The van der Waals surface area contributed by atoms with Gasteiger partial charge in [-0.05, 0) is 54.2 Å². The van der Waals surface area contributed by atoms with Gasteiger partial charge in [-0.2, -0.15) is 0 Å². The Morgan fingerprint density at radius 2 is 1.96 bits per heavy atom. The Morgan fingerprint density at radius 3 is 2.83 bits per heavy atom. The standard InChI is InChI=1S/C19H20N2O.ClH/c1-21(18-9-7-13-4-2-3-5-16(13)18)19(22)15-6-8-17-14(12-15)10-11-20-17;/h2-6,8,12,18,20H,7,9-11H2,1H3;1H. The highest BCUT2D eigenvalue weighted by molar-refractivity contribution is 5.95. The van der Waals surface area contributed by atoms with Gasteiger partial charge in [-0.25, -0.2) is 0 Å². The minimum Gasteiger partial charge on any atom is -0.384 e. The van der Waals surface area contributed by atoms with Gasteiger partial charge in [0.25, 0.3) is 5.91 Å². The number of nitrogens with one attached hydrogen (secondary N) is 1. The molecule has 0 spiro atoms. The molecular weight excluding hydrogens is 308 g/mol. The van der Waals surface area contributed by atoms with Gasteiger partial charge in [0, 0.05) is 24.8 Å². The summed E-state index contributed by atoms with van der Waals surface area (Å²) in [4.78, 5) is 14.8. The highest BCUT2D eigenvalue weighted by Crippen LogP contribution is 2.35. The molecule has 1 aliphatic carbocycles. The maximum absolute atomic E-state index is 12.8. The van der Waals surface area contributed by atoms with E-state index >= 15 is 0 Å². The monoisotopic (exact) mass is 328 g/mol. The lowest BCUT2D eigenvalue weighted by molar-refractivity contribution is 0.0730. The molecule has 3 nitrogen and oxygen atoms in total. The Labute approximate surface area is 143 Å². The van der Waals surface area contributed by atoms with Crippen LogP contribution in [-0.2, 0) is 12.8 Å². The van der Waals surface area contributed by atoms with Crippen LogP contribution in [0.4, 0.5) is 5.69 Å². The van der Waals surface area contributed by atoms with Gasteiger partial charge in [-0.3, -0.25) is 4.79 Å². The van der Waals surface area contributed by atoms with Crippen molar-refractivity contribution >= 4 is 24.0 Å². The van der Waals surface area contributed by atoms with Crippen LogP contribution in [0.2, 0.25) is 0 Å². The quantitative estimate of drug-likeness (QED) is 0.908. The summed E-state index contributed by atoms with van der Waals surface area (Å²) in [6.07, 6.45) is 3.09. The van der Waals surface area contributed by atoms with Crippen molar-refractivity contribution in [1.82, 2.24) is 4.90 Å². The van der Waals surface area contributed by atoms with E-state index in [-0.39, 0.29) is 24.4 Å². The third kappa shape index (κ3) is 2.70. The number of amides is 1. The Balaban J connectivity index is 0.00000156. The van der Waals surface area contributed by atoms with E-state index in [1.54, 1.807) is 0 Å². The highest BCUT2D eigenvalue weighted by Gasteiger charge is 2.29. The number of benzene rings is 2. The first-order valence-electron chi connectivity index (χ1n) is 7.96. The molecule has 120 valence electrons. The van der Waals surface area contributed by atoms with Crippen LogP contribution in [0.25, 0.3) is 0 Å². The van der Waals surface area contributed by atoms with Crippen molar-refractivity contribution in [3.63, 3.8) is 0 Å². The first-order chi connectivity index (χ1) is 10.7. The molecule has 1 heterocycles. The van der Waals surface area contributed by atoms with E-state index in [0.717, 1.165) is 31.4 Å². The molecule has 2 aromatic rings. The molecule has 1 N–H and O–H groups in total. The number of aryl methyl sites for hydroxylation is 1. The SMILES string of the molecule is CN(C(=O)c1ccc2c(c1)CCN2)C1CCc2ccccc21.Cl. The van der Waals surface area contributed by atoms with Crippen LogP contribution in [0.1, 0.15) is 39.5 Å². The summed E-state index contributed by atoms with van der Waals surface area (Å²) in [6.45, 7) is 0.971. The Morgan fingerprint density at radius 1 is 1.13 bits per heavy atom. The smallest absolute Gasteiger partial charge is 0.254 e. The summed E-state index contributed by atoms with van der Waals surface area (Å²) in [7, 11) is 1.93. The van der Waals surface area contributed by atoms with Crippen molar-refractivity contribution < 1.29 is 4.79 Å². The molecule has 0 fully saturated rings. The molecule has 2 aromatic carbocycles. The zero-order valence-corrected chi connectivity index (χ0v) is 14.0. The van der Waals surface area contributed by atoms with Gasteiger partial charge in [0.1, 0.15) is 0 Å². The molecule has 0 radical (unpaired) electrons. The van der Waals surface area contributed by atoms with Crippen molar-refractivity contribution in [1.29, 1.82) is 0 Å². The molecule has 2 aliphatic rings. The van der Waals surface area contributed by atoms with Gasteiger partial charge in [0.15, 0.2) is 0 Å². The Bertz CT molecular complexity index is 744. The number of carbonyl (C=O) groups is 1. The lowest BCUT2D eigenvalue weighted by Gasteiger charge is -2.25. The Hall–Kier alpha value is -2.00. The molecule has 4 heteroatoms. The maximum atomic E-state index is 12.8. The van der Waals surface area contributed by atoms with Crippen LogP contribution < -0.4 is 5.32 Å². The fraction of sp³-hybridized carbons (Fsp3) is 0.316. The number of halogens is 1. The minimum absolute atomic E-state index is 0. The van der Waals surface area contributed by atoms with Crippen LogP contribution in [0.3, 0.4) is 0 Å². The largest absolute Gasteiger partial charge is 0.384 e.